The number of aromatic hydroxyl groups is 2. The van der Waals surface area contributed by atoms with Crippen molar-refractivity contribution < 1.29 is 54.2 Å². The van der Waals surface area contributed by atoms with Gasteiger partial charge in [-0.3, -0.25) is 4.55 Å². The largest absolute Gasteiger partial charge is 1.00 e. The van der Waals surface area contributed by atoms with Crippen LogP contribution >= 0.6 is 0 Å². The molecule has 0 aliphatic heterocycles. The van der Waals surface area contributed by atoms with Crippen LogP contribution in [0.1, 0.15) is 1.43 Å². The fourth-order valence-corrected chi connectivity index (χ4v) is 2.36. The molecular formula is C10H9NaO5S. The Morgan fingerprint density at radius 2 is 1.71 bits per heavy atom. The molecule has 7 heteroatoms. The molecule has 2 aromatic rings. The van der Waals surface area contributed by atoms with Crippen LogP contribution in [-0.4, -0.2) is 23.2 Å². The first-order chi connectivity index (χ1) is 7.41. The van der Waals surface area contributed by atoms with Crippen molar-refractivity contribution in [1.82, 2.24) is 0 Å². The fourth-order valence-electron chi connectivity index (χ4n) is 1.55. The van der Waals surface area contributed by atoms with E-state index in [1.807, 2.05) is 0 Å². The topological polar surface area (TPSA) is 94.8 Å². The average molecular weight is 264 g/mol. The van der Waals surface area contributed by atoms with Crippen molar-refractivity contribution in [3.05, 3.63) is 30.3 Å². The van der Waals surface area contributed by atoms with Crippen molar-refractivity contribution in [3.8, 4) is 11.5 Å². The number of phenolic OH excluding ortho intramolecular Hbond substituents is 2. The minimum atomic E-state index is -4.59. The number of hydrogen-bond donors (Lipinski definition) is 3. The van der Waals surface area contributed by atoms with Gasteiger partial charge in [0.1, 0.15) is 4.90 Å². The molecule has 3 N–H and O–H groups in total. The number of hydrogen-bond acceptors (Lipinski definition) is 4. The first kappa shape index (κ1) is 14.3. The van der Waals surface area contributed by atoms with E-state index in [0.717, 1.165) is 0 Å². The third-order valence-electron chi connectivity index (χ3n) is 2.21. The third-order valence-corrected chi connectivity index (χ3v) is 3.14. The van der Waals surface area contributed by atoms with Crippen LogP contribution in [0.4, 0.5) is 0 Å². The minimum absolute atomic E-state index is 0. The van der Waals surface area contributed by atoms with Gasteiger partial charge in [-0.2, -0.15) is 8.42 Å². The summed E-state index contributed by atoms with van der Waals surface area (Å²) >= 11 is 0. The van der Waals surface area contributed by atoms with E-state index in [2.05, 4.69) is 0 Å². The maximum Gasteiger partial charge on any atom is 1.00 e. The fraction of sp³-hybridized carbons (Fsp3) is 0. The molecule has 5 nitrogen and oxygen atoms in total. The third kappa shape index (κ3) is 2.56. The summed E-state index contributed by atoms with van der Waals surface area (Å²) in [6.45, 7) is 0. The van der Waals surface area contributed by atoms with Crippen LogP contribution in [0, 0.1) is 0 Å². The van der Waals surface area contributed by atoms with Crippen molar-refractivity contribution in [2.24, 2.45) is 0 Å². The molecule has 0 aromatic heterocycles. The molecule has 0 bridgehead atoms. The molecular weight excluding hydrogens is 255 g/mol. The summed E-state index contributed by atoms with van der Waals surface area (Å²) in [5, 5.41) is 19.3. The van der Waals surface area contributed by atoms with Crippen LogP contribution in [0.3, 0.4) is 0 Å². The molecule has 17 heavy (non-hydrogen) atoms. The molecule has 0 saturated heterocycles. The Morgan fingerprint density at radius 1 is 1.12 bits per heavy atom. The van der Waals surface area contributed by atoms with Gasteiger partial charge in [0.15, 0.2) is 11.5 Å². The molecule has 0 amide bonds. The van der Waals surface area contributed by atoms with Crippen molar-refractivity contribution in [1.29, 1.82) is 0 Å². The molecule has 2 aromatic carbocycles. The molecule has 0 unspecified atom stereocenters. The quantitative estimate of drug-likeness (QED) is 0.335. The first-order valence-electron chi connectivity index (χ1n) is 4.32. The van der Waals surface area contributed by atoms with E-state index in [-0.39, 0.29) is 36.4 Å². The Bertz CT molecular complexity index is 671. The average Bonchev–Trinajstić information content (AvgIpc) is 2.17. The minimum Gasteiger partial charge on any atom is -1.00 e. The van der Waals surface area contributed by atoms with Crippen molar-refractivity contribution in [2.45, 2.75) is 4.90 Å². The van der Waals surface area contributed by atoms with E-state index in [9.17, 15) is 18.6 Å². The molecule has 0 saturated carbocycles. The summed E-state index contributed by atoms with van der Waals surface area (Å²) in [6, 6.07) is 7.42. The molecule has 2 rings (SSSR count). The molecule has 0 aliphatic rings. The van der Waals surface area contributed by atoms with Crippen molar-refractivity contribution >= 4 is 20.9 Å². The Morgan fingerprint density at radius 3 is 2.29 bits per heavy atom. The van der Waals surface area contributed by atoms with E-state index in [4.69, 9.17) is 4.55 Å². The summed E-state index contributed by atoms with van der Waals surface area (Å²) in [6.07, 6.45) is 0. The second-order valence-electron chi connectivity index (χ2n) is 3.27. The van der Waals surface area contributed by atoms with E-state index < -0.39 is 26.5 Å². The normalized spacial score (nSPS) is 11.1. The Kier molecular flexibility index (Phi) is 4.06. The standard InChI is InChI=1S/C10H8O5S.Na.H/c11-8-5-6-3-1-2-4-7(6)10(9(8)12)16(13,14)15;;/h1-5,11-12H,(H,13,14,15);;/q;+1;-1. The SMILES string of the molecule is O=S(=O)(O)c1c(O)c(O)cc2ccccc12.[H-].[Na+]. The van der Waals surface area contributed by atoms with Gasteiger partial charge in [-0.05, 0) is 11.5 Å². The smallest absolute Gasteiger partial charge is 1.00 e. The summed E-state index contributed by atoms with van der Waals surface area (Å²) in [5.74, 6) is -1.44. The zero-order valence-corrected chi connectivity index (χ0v) is 11.8. The van der Waals surface area contributed by atoms with Gasteiger partial charge < -0.3 is 11.6 Å². The second kappa shape index (κ2) is 4.83. The summed E-state index contributed by atoms with van der Waals surface area (Å²) in [5.41, 5.74) is 0. The van der Waals surface area contributed by atoms with Crippen LogP contribution in [0.25, 0.3) is 10.8 Å². The summed E-state index contributed by atoms with van der Waals surface area (Å²) in [7, 11) is -4.59. The van der Waals surface area contributed by atoms with Gasteiger partial charge >= 0.3 is 29.6 Å². The Labute approximate surface area is 121 Å². The van der Waals surface area contributed by atoms with Crippen molar-refractivity contribution in [3.63, 3.8) is 0 Å². The predicted octanol–water partition coefficient (Wildman–Crippen LogP) is -1.39. The summed E-state index contributed by atoms with van der Waals surface area (Å²) in [4.78, 5) is -0.678. The molecule has 0 radical (unpaired) electrons. The zero-order chi connectivity index (χ0) is 11.9. The maximum atomic E-state index is 11.1. The van der Waals surface area contributed by atoms with Gasteiger partial charge in [0.2, 0.25) is 0 Å². The predicted molar refractivity (Wildman–Crippen MR) is 58.2 cm³/mol. The Balaban J connectivity index is 0.00000144. The number of fused-ring (bicyclic) bond motifs is 1. The number of rotatable bonds is 1. The van der Waals surface area contributed by atoms with Crippen LogP contribution in [0.5, 0.6) is 11.5 Å². The maximum absolute atomic E-state index is 11.1. The molecule has 0 aliphatic carbocycles. The van der Waals surface area contributed by atoms with E-state index in [1.165, 1.54) is 12.1 Å². The van der Waals surface area contributed by atoms with Gasteiger partial charge in [-0.1, -0.05) is 24.3 Å². The zero-order valence-electron chi connectivity index (χ0n) is 9.95. The van der Waals surface area contributed by atoms with Crippen LogP contribution in [0.15, 0.2) is 35.2 Å². The molecule has 0 heterocycles. The number of benzene rings is 2. The van der Waals surface area contributed by atoms with E-state index >= 15 is 0 Å². The van der Waals surface area contributed by atoms with Crippen LogP contribution in [0.2, 0.25) is 0 Å². The first-order valence-corrected chi connectivity index (χ1v) is 5.76. The Hall–Kier alpha value is -0.790. The second-order valence-corrected chi connectivity index (χ2v) is 4.63. The monoisotopic (exact) mass is 264 g/mol. The van der Waals surface area contributed by atoms with Gasteiger partial charge in [-0.15, -0.1) is 0 Å². The van der Waals surface area contributed by atoms with E-state index in [1.54, 1.807) is 18.2 Å². The van der Waals surface area contributed by atoms with Crippen molar-refractivity contribution in [2.75, 3.05) is 0 Å². The van der Waals surface area contributed by atoms with Crippen LogP contribution < -0.4 is 29.6 Å². The van der Waals surface area contributed by atoms with Gasteiger partial charge in [-0.25, -0.2) is 0 Å². The van der Waals surface area contributed by atoms with E-state index in [0.29, 0.717) is 5.39 Å². The van der Waals surface area contributed by atoms with Crippen LogP contribution in [-0.2, 0) is 10.1 Å². The molecule has 0 spiro atoms. The van der Waals surface area contributed by atoms with Gasteiger partial charge in [0.25, 0.3) is 10.1 Å². The molecule has 86 valence electrons. The van der Waals surface area contributed by atoms with Gasteiger partial charge in [0.05, 0.1) is 0 Å². The summed E-state index contributed by atoms with van der Waals surface area (Å²) < 4.78 is 31.2. The molecule has 0 atom stereocenters. The number of phenols is 2. The molecule has 0 fully saturated rings. The van der Waals surface area contributed by atoms with Gasteiger partial charge in [0, 0.05) is 5.39 Å².